The smallest absolute Gasteiger partial charge is 0.255 e. The monoisotopic (exact) mass is 319 g/mol. The molecule has 1 saturated heterocycles. The second kappa shape index (κ2) is 5.36. The lowest BCUT2D eigenvalue weighted by Crippen LogP contribution is -2.40. The zero-order chi connectivity index (χ0) is 12.4. The van der Waals surface area contributed by atoms with Crippen molar-refractivity contribution in [3.05, 3.63) is 34.1 Å². The molecule has 0 radical (unpaired) electrons. The maximum Gasteiger partial charge on any atom is 0.255 e. The first-order valence-electron chi connectivity index (χ1n) is 5.46. The summed E-state index contributed by atoms with van der Waals surface area (Å²) >= 11 is 9.30. The first kappa shape index (κ1) is 12.8. The summed E-state index contributed by atoms with van der Waals surface area (Å²) in [5, 5.41) is 0.0000321. The Labute approximate surface area is 113 Å². The van der Waals surface area contributed by atoms with E-state index in [4.69, 9.17) is 11.6 Å². The van der Waals surface area contributed by atoms with Crippen LogP contribution in [0.3, 0.4) is 0 Å². The van der Waals surface area contributed by atoms with E-state index < -0.39 is 5.82 Å². The van der Waals surface area contributed by atoms with E-state index >= 15 is 0 Å². The summed E-state index contributed by atoms with van der Waals surface area (Å²) in [6, 6.07) is 4.12. The molecule has 17 heavy (non-hydrogen) atoms. The molecule has 1 heterocycles. The Morgan fingerprint density at radius 1 is 1.53 bits per heavy atom. The van der Waals surface area contributed by atoms with Crippen LogP contribution in [0.2, 0.25) is 0 Å². The van der Waals surface area contributed by atoms with Gasteiger partial charge in [-0.2, -0.15) is 0 Å². The number of carbonyl (C=O) groups is 1. The summed E-state index contributed by atoms with van der Waals surface area (Å²) < 4.78 is 13.7. The number of hydrogen-bond acceptors (Lipinski definition) is 1. The molecule has 1 unspecified atom stereocenters. The van der Waals surface area contributed by atoms with E-state index in [9.17, 15) is 9.18 Å². The van der Waals surface area contributed by atoms with Gasteiger partial charge in [-0.1, -0.05) is 0 Å². The van der Waals surface area contributed by atoms with E-state index in [1.165, 1.54) is 12.1 Å². The summed E-state index contributed by atoms with van der Waals surface area (Å²) in [4.78, 5) is 13.9. The van der Waals surface area contributed by atoms with Gasteiger partial charge in [0.05, 0.1) is 10.9 Å². The first-order valence-corrected chi connectivity index (χ1v) is 6.69. The fraction of sp³-hybridized carbons (Fsp3) is 0.417. The van der Waals surface area contributed by atoms with Gasteiger partial charge in [0.15, 0.2) is 0 Å². The molecule has 1 aliphatic rings. The number of piperidine rings is 1. The Morgan fingerprint density at radius 2 is 2.29 bits per heavy atom. The van der Waals surface area contributed by atoms with Crippen LogP contribution in [-0.4, -0.2) is 29.3 Å². The lowest BCUT2D eigenvalue weighted by Gasteiger charge is -2.30. The second-order valence-electron chi connectivity index (χ2n) is 4.11. The van der Waals surface area contributed by atoms with Gasteiger partial charge in [0, 0.05) is 17.6 Å². The van der Waals surface area contributed by atoms with Crippen LogP contribution in [0.5, 0.6) is 0 Å². The zero-order valence-corrected chi connectivity index (χ0v) is 11.5. The van der Waals surface area contributed by atoms with Gasteiger partial charge in [0.1, 0.15) is 5.82 Å². The molecule has 0 N–H and O–H groups in total. The number of halogens is 3. The van der Waals surface area contributed by atoms with Gasteiger partial charge >= 0.3 is 0 Å². The van der Waals surface area contributed by atoms with Gasteiger partial charge < -0.3 is 4.90 Å². The molecule has 0 saturated carbocycles. The number of likely N-dealkylation sites (tertiary alicyclic amines) is 1. The largest absolute Gasteiger partial charge is 0.337 e. The second-order valence-corrected chi connectivity index (χ2v) is 5.59. The summed E-state index contributed by atoms with van der Waals surface area (Å²) in [5.41, 5.74) is 0.357. The van der Waals surface area contributed by atoms with Crippen LogP contribution in [0.15, 0.2) is 22.7 Å². The van der Waals surface area contributed by atoms with Gasteiger partial charge in [-0.05, 0) is 47.0 Å². The number of nitrogens with zero attached hydrogens (tertiary/aromatic N) is 1. The highest BCUT2D eigenvalue weighted by molar-refractivity contribution is 9.10. The Hall–Kier alpha value is -0.610. The highest BCUT2D eigenvalue weighted by Crippen LogP contribution is 2.22. The van der Waals surface area contributed by atoms with Crippen molar-refractivity contribution in [1.29, 1.82) is 0 Å². The highest BCUT2D eigenvalue weighted by atomic mass is 79.9. The third kappa shape index (κ3) is 2.99. The van der Waals surface area contributed by atoms with Crippen molar-refractivity contribution in [2.75, 3.05) is 13.1 Å². The van der Waals surface area contributed by atoms with Gasteiger partial charge in [0.25, 0.3) is 5.91 Å². The number of benzene rings is 1. The van der Waals surface area contributed by atoms with E-state index in [1.54, 1.807) is 11.0 Å². The van der Waals surface area contributed by atoms with Crippen LogP contribution in [0.1, 0.15) is 23.2 Å². The lowest BCUT2D eigenvalue weighted by atomic mass is 10.1. The zero-order valence-electron chi connectivity index (χ0n) is 9.13. The van der Waals surface area contributed by atoms with Crippen molar-refractivity contribution in [2.24, 2.45) is 0 Å². The Morgan fingerprint density at radius 3 is 3.00 bits per heavy atom. The SMILES string of the molecule is O=C(c1cc(F)ccc1Br)N1CCCC(Cl)C1. The number of carbonyl (C=O) groups excluding carboxylic acids is 1. The average molecular weight is 321 g/mol. The highest BCUT2D eigenvalue weighted by Gasteiger charge is 2.24. The summed E-state index contributed by atoms with van der Waals surface area (Å²) in [7, 11) is 0. The fourth-order valence-corrected chi connectivity index (χ4v) is 2.68. The molecular weight excluding hydrogens is 308 g/mol. The van der Waals surface area contributed by atoms with E-state index in [-0.39, 0.29) is 11.3 Å². The van der Waals surface area contributed by atoms with Crippen molar-refractivity contribution in [1.82, 2.24) is 4.90 Å². The quantitative estimate of drug-likeness (QED) is 0.726. The number of hydrogen-bond donors (Lipinski definition) is 0. The van der Waals surface area contributed by atoms with E-state index in [0.29, 0.717) is 23.1 Å². The van der Waals surface area contributed by atoms with Gasteiger partial charge in [-0.15, -0.1) is 11.6 Å². The van der Waals surface area contributed by atoms with Gasteiger partial charge in [-0.25, -0.2) is 4.39 Å². The first-order chi connectivity index (χ1) is 8.08. The minimum Gasteiger partial charge on any atom is -0.337 e. The molecule has 1 aliphatic heterocycles. The standard InChI is InChI=1S/C12H12BrClFNO/c13-11-4-3-9(15)6-10(11)12(17)16-5-1-2-8(14)7-16/h3-4,6,8H,1-2,5,7H2. The molecule has 2 rings (SSSR count). The Balaban J connectivity index is 2.21. The molecule has 0 aromatic heterocycles. The summed E-state index contributed by atoms with van der Waals surface area (Å²) in [5.74, 6) is -0.572. The summed E-state index contributed by atoms with van der Waals surface area (Å²) in [6.07, 6.45) is 1.82. The minimum atomic E-state index is -0.406. The van der Waals surface area contributed by atoms with Crippen LogP contribution in [0, 0.1) is 5.82 Å². The molecule has 5 heteroatoms. The molecular formula is C12H12BrClFNO. The van der Waals surface area contributed by atoms with Gasteiger partial charge in [0.2, 0.25) is 0 Å². The Bertz CT molecular complexity index is 441. The van der Waals surface area contributed by atoms with Crippen LogP contribution < -0.4 is 0 Å². The molecule has 1 amide bonds. The third-order valence-corrected chi connectivity index (χ3v) is 3.86. The molecule has 0 aliphatic carbocycles. The summed E-state index contributed by atoms with van der Waals surface area (Å²) in [6.45, 7) is 1.22. The van der Waals surface area contributed by atoms with E-state index in [1.807, 2.05) is 0 Å². The molecule has 1 aromatic carbocycles. The third-order valence-electron chi connectivity index (χ3n) is 2.81. The number of rotatable bonds is 1. The minimum absolute atomic E-state index is 0.0000321. The fourth-order valence-electron chi connectivity index (χ4n) is 1.94. The van der Waals surface area contributed by atoms with Crippen LogP contribution in [0.25, 0.3) is 0 Å². The average Bonchev–Trinajstić information content (AvgIpc) is 2.31. The van der Waals surface area contributed by atoms with Crippen LogP contribution in [0.4, 0.5) is 4.39 Å². The molecule has 0 spiro atoms. The molecule has 2 nitrogen and oxygen atoms in total. The lowest BCUT2D eigenvalue weighted by molar-refractivity contribution is 0.0725. The molecule has 0 bridgehead atoms. The van der Waals surface area contributed by atoms with Gasteiger partial charge in [-0.3, -0.25) is 4.79 Å². The number of amides is 1. The van der Waals surface area contributed by atoms with Crippen LogP contribution in [-0.2, 0) is 0 Å². The van der Waals surface area contributed by atoms with E-state index in [0.717, 1.165) is 12.8 Å². The van der Waals surface area contributed by atoms with Crippen molar-refractivity contribution in [2.45, 2.75) is 18.2 Å². The van der Waals surface area contributed by atoms with Crippen molar-refractivity contribution in [3.8, 4) is 0 Å². The maximum absolute atomic E-state index is 13.1. The van der Waals surface area contributed by atoms with Crippen molar-refractivity contribution in [3.63, 3.8) is 0 Å². The maximum atomic E-state index is 13.1. The molecule has 1 atom stereocenters. The van der Waals surface area contributed by atoms with Crippen molar-refractivity contribution >= 4 is 33.4 Å². The number of alkyl halides is 1. The van der Waals surface area contributed by atoms with Crippen molar-refractivity contribution < 1.29 is 9.18 Å². The predicted octanol–water partition coefficient (Wildman–Crippen LogP) is 3.43. The molecule has 1 aromatic rings. The molecule has 92 valence electrons. The molecule has 1 fully saturated rings. The topological polar surface area (TPSA) is 20.3 Å². The normalized spacial score (nSPS) is 20.4. The van der Waals surface area contributed by atoms with E-state index in [2.05, 4.69) is 15.9 Å². The Kier molecular flexibility index (Phi) is 4.05. The predicted molar refractivity (Wildman–Crippen MR) is 68.9 cm³/mol. The van der Waals surface area contributed by atoms with Crippen LogP contribution >= 0.6 is 27.5 Å².